The molecule has 0 fully saturated rings. The first-order valence-electron chi connectivity index (χ1n) is 5.53. The van der Waals surface area contributed by atoms with Crippen LogP contribution in [-0.2, 0) is 16.0 Å². The molecule has 0 bridgehead atoms. The maximum absolute atomic E-state index is 11.1. The van der Waals surface area contributed by atoms with Gasteiger partial charge in [0.2, 0.25) is 11.8 Å². The molecule has 86 valence electrons. The van der Waals surface area contributed by atoms with Gasteiger partial charge in [0.15, 0.2) is 0 Å². The number of hydrogen-bond donors (Lipinski definition) is 1. The molecule has 1 aromatic carbocycles. The summed E-state index contributed by atoms with van der Waals surface area (Å²) in [5.41, 5.74) is 1.29. The third-order valence-corrected chi connectivity index (χ3v) is 2.28. The van der Waals surface area contributed by atoms with E-state index in [1.807, 2.05) is 18.2 Å². The highest BCUT2D eigenvalue weighted by Crippen LogP contribution is 2.05. The summed E-state index contributed by atoms with van der Waals surface area (Å²) in [5, 5.41) is 2.26. The molecule has 0 aliphatic rings. The summed E-state index contributed by atoms with van der Waals surface area (Å²) in [6, 6.07) is 10.2. The molecule has 1 N–H and O–H groups in total. The van der Waals surface area contributed by atoms with Crippen molar-refractivity contribution in [3.63, 3.8) is 0 Å². The number of carbonyl (C=O) groups is 2. The topological polar surface area (TPSA) is 46.2 Å². The summed E-state index contributed by atoms with van der Waals surface area (Å²) >= 11 is 0. The minimum atomic E-state index is -0.284. The zero-order valence-corrected chi connectivity index (χ0v) is 9.53. The second kappa shape index (κ2) is 6.77. The average Bonchev–Trinajstić information content (AvgIpc) is 2.25. The number of rotatable bonds is 5. The first-order chi connectivity index (χ1) is 7.68. The van der Waals surface area contributed by atoms with E-state index in [1.54, 1.807) is 0 Å². The highest BCUT2D eigenvalue weighted by atomic mass is 16.2. The lowest BCUT2D eigenvalue weighted by atomic mass is 10.1. The number of amides is 2. The van der Waals surface area contributed by atoms with Gasteiger partial charge in [-0.1, -0.05) is 30.3 Å². The van der Waals surface area contributed by atoms with Crippen LogP contribution in [0.2, 0.25) is 0 Å². The molecular formula is C13H17NO2. The van der Waals surface area contributed by atoms with E-state index in [0.29, 0.717) is 6.42 Å². The van der Waals surface area contributed by atoms with Gasteiger partial charge in [0.05, 0.1) is 0 Å². The molecular weight excluding hydrogens is 202 g/mol. The van der Waals surface area contributed by atoms with E-state index in [-0.39, 0.29) is 11.8 Å². The van der Waals surface area contributed by atoms with Gasteiger partial charge in [0.1, 0.15) is 0 Å². The van der Waals surface area contributed by atoms with E-state index >= 15 is 0 Å². The van der Waals surface area contributed by atoms with Crippen molar-refractivity contribution in [2.75, 3.05) is 0 Å². The number of nitrogens with one attached hydrogen (secondary N) is 1. The molecule has 0 aliphatic carbocycles. The Labute approximate surface area is 95.9 Å². The van der Waals surface area contributed by atoms with Gasteiger partial charge in [-0.15, -0.1) is 0 Å². The fraction of sp³-hybridized carbons (Fsp3) is 0.385. The third-order valence-electron chi connectivity index (χ3n) is 2.28. The van der Waals surface area contributed by atoms with Crippen LogP contribution in [-0.4, -0.2) is 11.8 Å². The van der Waals surface area contributed by atoms with Crippen LogP contribution < -0.4 is 5.32 Å². The van der Waals surface area contributed by atoms with Crippen LogP contribution in [0.5, 0.6) is 0 Å². The van der Waals surface area contributed by atoms with Gasteiger partial charge in [-0.3, -0.25) is 14.9 Å². The number of benzene rings is 1. The summed E-state index contributed by atoms with van der Waals surface area (Å²) in [6.07, 6.45) is 3.18. The molecule has 0 aromatic heterocycles. The van der Waals surface area contributed by atoms with Crippen molar-refractivity contribution < 1.29 is 9.59 Å². The highest BCUT2D eigenvalue weighted by Gasteiger charge is 2.02. The normalized spacial score (nSPS) is 9.81. The maximum atomic E-state index is 11.1. The lowest BCUT2D eigenvalue weighted by molar-refractivity contribution is -0.129. The van der Waals surface area contributed by atoms with E-state index in [4.69, 9.17) is 0 Å². The fourth-order valence-corrected chi connectivity index (χ4v) is 1.52. The largest absolute Gasteiger partial charge is 0.297 e. The van der Waals surface area contributed by atoms with Crippen molar-refractivity contribution in [2.45, 2.75) is 32.6 Å². The zero-order valence-electron chi connectivity index (χ0n) is 9.53. The van der Waals surface area contributed by atoms with Crippen LogP contribution in [0.1, 0.15) is 31.7 Å². The Bertz CT molecular complexity index is 346. The standard InChI is InChI=1S/C13H17NO2/c1-11(15)14-13(16)10-6-5-9-12-7-3-2-4-8-12/h2-4,7-8H,5-6,9-10H2,1H3,(H,14,15,16). The molecule has 0 unspecified atom stereocenters. The minimum absolute atomic E-state index is 0.180. The first-order valence-corrected chi connectivity index (χ1v) is 5.53. The number of unbranched alkanes of at least 4 members (excludes halogenated alkanes) is 1. The second-order valence-corrected chi connectivity index (χ2v) is 3.80. The first kappa shape index (κ1) is 12.4. The molecule has 1 aromatic rings. The van der Waals surface area contributed by atoms with Crippen molar-refractivity contribution in [3.8, 4) is 0 Å². The molecule has 0 saturated carbocycles. The summed E-state index contributed by atoms with van der Waals surface area (Å²) in [4.78, 5) is 21.7. The van der Waals surface area contributed by atoms with Gasteiger partial charge in [-0.2, -0.15) is 0 Å². The van der Waals surface area contributed by atoms with Gasteiger partial charge in [-0.05, 0) is 24.8 Å². The molecule has 0 spiro atoms. The molecule has 0 heterocycles. The van der Waals surface area contributed by atoms with E-state index in [0.717, 1.165) is 19.3 Å². The Balaban J connectivity index is 2.13. The molecule has 3 nitrogen and oxygen atoms in total. The monoisotopic (exact) mass is 219 g/mol. The van der Waals surface area contributed by atoms with Crippen LogP contribution in [0.3, 0.4) is 0 Å². The molecule has 0 aliphatic heterocycles. The van der Waals surface area contributed by atoms with Crippen molar-refractivity contribution in [2.24, 2.45) is 0 Å². The van der Waals surface area contributed by atoms with E-state index in [9.17, 15) is 9.59 Å². The van der Waals surface area contributed by atoms with Crippen LogP contribution >= 0.6 is 0 Å². The SMILES string of the molecule is CC(=O)NC(=O)CCCCc1ccccc1. The molecule has 0 radical (unpaired) electrons. The summed E-state index contributed by atoms with van der Waals surface area (Å²) in [7, 11) is 0. The Kier molecular flexibility index (Phi) is 5.26. The van der Waals surface area contributed by atoms with Crippen LogP contribution in [0, 0.1) is 0 Å². The minimum Gasteiger partial charge on any atom is -0.297 e. The molecule has 0 saturated heterocycles. The van der Waals surface area contributed by atoms with Crippen LogP contribution in [0.15, 0.2) is 30.3 Å². The van der Waals surface area contributed by atoms with E-state index < -0.39 is 0 Å². The number of hydrogen-bond acceptors (Lipinski definition) is 2. The average molecular weight is 219 g/mol. The van der Waals surface area contributed by atoms with E-state index in [1.165, 1.54) is 12.5 Å². The van der Waals surface area contributed by atoms with Crippen LogP contribution in [0.4, 0.5) is 0 Å². The van der Waals surface area contributed by atoms with Gasteiger partial charge < -0.3 is 0 Å². The summed E-state index contributed by atoms with van der Waals surface area (Å²) in [6.45, 7) is 1.35. The number of imide groups is 1. The van der Waals surface area contributed by atoms with Gasteiger partial charge >= 0.3 is 0 Å². The quantitative estimate of drug-likeness (QED) is 0.770. The van der Waals surface area contributed by atoms with Crippen molar-refractivity contribution in [1.29, 1.82) is 0 Å². The number of aryl methyl sites for hydroxylation is 1. The van der Waals surface area contributed by atoms with E-state index in [2.05, 4.69) is 17.4 Å². The second-order valence-electron chi connectivity index (χ2n) is 3.80. The zero-order chi connectivity index (χ0) is 11.8. The molecule has 16 heavy (non-hydrogen) atoms. The van der Waals surface area contributed by atoms with Crippen molar-refractivity contribution in [3.05, 3.63) is 35.9 Å². The number of carbonyl (C=O) groups excluding carboxylic acids is 2. The lowest BCUT2D eigenvalue weighted by Crippen LogP contribution is -2.27. The smallest absolute Gasteiger partial charge is 0.226 e. The van der Waals surface area contributed by atoms with Crippen LogP contribution in [0.25, 0.3) is 0 Å². The molecule has 3 heteroatoms. The molecule has 0 atom stereocenters. The highest BCUT2D eigenvalue weighted by molar-refractivity contribution is 5.93. The Morgan fingerprint density at radius 1 is 1.12 bits per heavy atom. The maximum Gasteiger partial charge on any atom is 0.226 e. The lowest BCUT2D eigenvalue weighted by Gasteiger charge is -2.02. The van der Waals surface area contributed by atoms with Gasteiger partial charge in [0.25, 0.3) is 0 Å². The Morgan fingerprint density at radius 3 is 2.44 bits per heavy atom. The van der Waals surface area contributed by atoms with Crippen molar-refractivity contribution in [1.82, 2.24) is 5.32 Å². The molecule has 1 rings (SSSR count). The molecule has 2 amide bonds. The summed E-state index contributed by atoms with van der Waals surface area (Å²) < 4.78 is 0. The van der Waals surface area contributed by atoms with Gasteiger partial charge in [0, 0.05) is 13.3 Å². The summed E-state index contributed by atoms with van der Waals surface area (Å²) in [5.74, 6) is -0.464. The predicted octanol–water partition coefficient (Wildman–Crippen LogP) is 2.06. The third kappa shape index (κ3) is 5.29. The fourth-order valence-electron chi connectivity index (χ4n) is 1.52. The predicted molar refractivity (Wildman–Crippen MR) is 62.8 cm³/mol. The Hall–Kier alpha value is -1.64. The van der Waals surface area contributed by atoms with Crippen molar-refractivity contribution >= 4 is 11.8 Å². The Morgan fingerprint density at radius 2 is 1.81 bits per heavy atom. The van der Waals surface area contributed by atoms with Gasteiger partial charge in [-0.25, -0.2) is 0 Å².